The molecule has 0 saturated carbocycles. The van der Waals surface area contributed by atoms with Gasteiger partial charge in [0.15, 0.2) is 17.5 Å². The van der Waals surface area contributed by atoms with Gasteiger partial charge in [0.25, 0.3) is 0 Å². The van der Waals surface area contributed by atoms with Crippen molar-refractivity contribution in [3.8, 4) is 62.1 Å². The van der Waals surface area contributed by atoms with Gasteiger partial charge in [0.05, 0.1) is 16.7 Å². The summed E-state index contributed by atoms with van der Waals surface area (Å²) in [4.78, 5) is 16.6. The molecule has 14 aromatic rings. The van der Waals surface area contributed by atoms with E-state index in [2.05, 4.69) is 247 Å². The van der Waals surface area contributed by atoms with Gasteiger partial charge >= 0.3 is 0 Å². The third-order valence-electron chi connectivity index (χ3n) is 14.0. The Morgan fingerprint density at radius 3 is 1.52 bits per heavy atom. The van der Waals surface area contributed by atoms with E-state index in [4.69, 9.17) is 15.0 Å². The van der Waals surface area contributed by atoms with Gasteiger partial charge in [-0.3, -0.25) is 0 Å². The van der Waals surface area contributed by atoms with Crippen LogP contribution in [0.15, 0.2) is 243 Å². The van der Waals surface area contributed by atoms with E-state index in [9.17, 15) is 0 Å². The minimum atomic E-state index is 0.605. The fourth-order valence-electron chi connectivity index (χ4n) is 10.8. The Morgan fingerprint density at radius 2 is 0.783 bits per heavy atom. The van der Waals surface area contributed by atoms with Gasteiger partial charge < -0.3 is 4.57 Å². The highest BCUT2D eigenvalue weighted by molar-refractivity contribution is 6.23. The molecule has 0 saturated heterocycles. The first-order valence-electron chi connectivity index (χ1n) is 23.5. The summed E-state index contributed by atoms with van der Waals surface area (Å²) in [6.45, 7) is 0. The van der Waals surface area contributed by atoms with Crippen LogP contribution in [-0.4, -0.2) is 19.5 Å². The molecule has 0 bridgehead atoms. The molecular formula is C65H40N4. The van der Waals surface area contributed by atoms with Crippen LogP contribution in [0.1, 0.15) is 0 Å². The lowest BCUT2D eigenvalue weighted by molar-refractivity contribution is 1.08. The lowest BCUT2D eigenvalue weighted by Crippen LogP contribution is -2.06. The summed E-state index contributed by atoms with van der Waals surface area (Å²) >= 11 is 0. The number of hydrogen-bond acceptors (Lipinski definition) is 3. The number of rotatable bonds is 6. The largest absolute Gasteiger partial charge is 0.307 e. The summed E-state index contributed by atoms with van der Waals surface area (Å²) in [6, 6.07) is 87.3. The zero-order valence-electron chi connectivity index (χ0n) is 37.4. The molecular weight excluding hydrogens is 837 g/mol. The molecule has 12 aromatic carbocycles. The van der Waals surface area contributed by atoms with Crippen LogP contribution in [0.2, 0.25) is 0 Å². The standard InChI is InChI=1S/C65H40N4/c1-3-21-44(22-4-1)58-59(45-23-5-2-6-24-45)62(69-57-40-48-27-10-9-26-47(48)39-56(57)54-37-36-43-20-12-14-30-51(43)61(54)69)53-32-16-15-31-52(53)60(58)65-67-63(49-35-34-41-18-7-8-25-46(41)38-49)66-64(68-65)55-33-17-28-42-19-11-13-29-50(42)55/h1-40H. The van der Waals surface area contributed by atoms with Crippen molar-refractivity contribution in [2.24, 2.45) is 0 Å². The van der Waals surface area contributed by atoms with Gasteiger partial charge in [-0.25, -0.2) is 15.0 Å². The Kier molecular flexibility index (Phi) is 8.86. The molecule has 0 fully saturated rings. The van der Waals surface area contributed by atoms with E-state index in [1.165, 1.54) is 37.8 Å². The maximum Gasteiger partial charge on any atom is 0.165 e. The zero-order chi connectivity index (χ0) is 45.4. The van der Waals surface area contributed by atoms with E-state index in [0.717, 1.165) is 82.5 Å². The van der Waals surface area contributed by atoms with Crippen molar-refractivity contribution in [3.63, 3.8) is 0 Å². The minimum absolute atomic E-state index is 0.605. The van der Waals surface area contributed by atoms with Crippen molar-refractivity contribution in [2.45, 2.75) is 0 Å². The Morgan fingerprint density at radius 1 is 0.261 bits per heavy atom. The minimum Gasteiger partial charge on any atom is -0.307 e. The number of aromatic nitrogens is 4. The molecule has 2 heterocycles. The fraction of sp³-hybridized carbons (Fsp3) is 0. The number of nitrogens with zero attached hydrogens (tertiary/aromatic N) is 4. The maximum absolute atomic E-state index is 5.62. The summed E-state index contributed by atoms with van der Waals surface area (Å²) < 4.78 is 2.57. The summed E-state index contributed by atoms with van der Waals surface area (Å²) in [5.74, 6) is 1.84. The van der Waals surface area contributed by atoms with Gasteiger partial charge in [-0.2, -0.15) is 0 Å². The average molecular weight is 877 g/mol. The second kappa shape index (κ2) is 15.7. The summed E-state index contributed by atoms with van der Waals surface area (Å²) in [6.07, 6.45) is 0. The van der Waals surface area contributed by atoms with Crippen LogP contribution in [0.25, 0.3) is 138 Å². The summed E-state index contributed by atoms with van der Waals surface area (Å²) in [5.41, 5.74) is 10.5. The first-order valence-corrected chi connectivity index (χ1v) is 23.5. The highest BCUT2D eigenvalue weighted by atomic mass is 15.0. The highest BCUT2D eigenvalue weighted by Crippen LogP contribution is 2.51. The van der Waals surface area contributed by atoms with Crippen molar-refractivity contribution in [1.82, 2.24) is 19.5 Å². The second-order valence-electron chi connectivity index (χ2n) is 17.9. The van der Waals surface area contributed by atoms with E-state index < -0.39 is 0 Å². The molecule has 0 aliphatic rings. The summed E-state index contributed by atoms with van der Waals surface area (Å²) in [7, 11) is 0. The van der Waals surface area contributed by atoms with Crippen molar-refractivity contribution in [2.75, 3.05) is 0 Å². The lowest BCUT2D eigenvalue weighted by Gasteiger charge is -2.25. The molecule has 4 nitrogen and oxygen atoms in total. The molecule has 0 spiro atoms. The first-order chi connectivity index (χ1) is 34.2. The fourth-order valence-corrected chi connectivity index (χ4v) is 10.8. The van der Waals surface area contributed by atoms with Crippen LogP contribution in [0.5, 0.6) is 0 Å². The third kappa shape index (κ3) is 6.27. The van der Waals surface area contributed by atoms with Gasteiger partial charge in [-0.05, 0) is 72.4 Å². The second-order valence-corrected chi connectivity index (χ2v) is 17.9. The van der Waals surface area contributed by atoms with Gasteiger partial charge in [0.1, 0.15) is 0 Å². The Balaban J connectivity index is 1.19. The molecule has 0 N–H and O–H groups in total. The summed E-state index contributed by atoms with van der Waals surface area (Å²) in [5, 5.41) is 13.8. The van der Waals surface area contributed by atoms with Crippen LogP contribution in [-0.2, 0) is 0 Å². The topological polar surface area (TPSA) is 43.6 Å². The van der Waals surface area contributed by atoms with Crippen molar-refractivity contribution in [3.05, 3.63) is 243 Å². The third-order valence-corrected chi connectivity index (χ3v) is 14.0. The first kappa shape index (κ1) is 39.0. The van der Waals surface area contributed by atoms with Gasteiger partial charge in [-0.1, -0.05) is 224 Å². The molecule has 14 rings (SSSR count). The number of hydrogen-bond donors (Lipinski definition) is 0. The predicted molar refractivity (Wildman–Crippen MR) is 289 cm³/mol. The molecule has 0 amide bonds. The number of fused-ring (bicyclic) bond motifs is 9. The van der Waals surface area contributed by atoms with Crippen LogP contribution in [0.4, 0.5) is 0 Å². The van der Waals surface area contributed by atoms with E-state index in [0.29, 0.717) is 17.5 Å². The average Bonchev–Trinajstić information content (AvgIpc) is 3.74. The van der Waals surface area contributed by atoms with Crippen LogP contribution in [0.3, 0.4) is 0 Å². The monoisotopic (exact) mass is 876 g/mol. The molecule has 0 aliphatic carbocycles. The van der Waals surface area contributed by atoms with E-state index >= 15 is 0 Å². The number of benzene rings is 12. The SMILES string of the molecule is c1ccc(-c2c(-c3ccccc3)c(-n3c4cc5ccccc5cc4c4ccc5ccccc5c43)c3ccccc3c2-c2nc(-c3ccc4ccccc4c3)nc(-c3cccc4ccccc34)n2)cc1. The molecule has 2 aromatic heterocycles. The van der Waals surface area contributed by atoms with Gasteiger partial charge in [0, 0.05) is 49.4 Å². The van der Waals surface area contributed by atoms with Crippen molar-refractivity contribution in [1.29, 1.82) is 0 Å². The predicted octanol–water partition coefficient (Wildman–Crippen LogP) is 17.1. The van der Waals surface area contributed by atoms with E-state index in [1.54, 1.807) is 0 Å². The molecule has 4 heteroatoms. The Hall–Kier alpha value is -9.25. The Labute approximate surface area is 398 Å². The van der Waals surface area contributed by atoms with Crippen LogP contribution in [0, 0.1) is 0 Å². The molecule has 0 unspecified atom stereocenters. The maximum atomic E-state index is 5.62. The highest BCUT2D eigenvalue weighted by Gasteiger charge is 2.29. The van der Waals surface area contributed by atoms with Crippen LogP contribution < -0.4 is 0 Å². The Bertz CT molecular complexity index is 4360. The quantitative estimate of drug-likeness (QED) is 0.167. The van der Waals surface area contributed by atoms with E-state index in [1.807, 2.05) is 0 Å². The normalized spacial score (nSPS) is 11.8. The van der Waals surface area contributed by atoms with Crippen molar-refractivity contribution < 1.29 is 0 Å². The zero-order valence-corrected chi connectivity index (χ0v) is 37.4. The van der Waals surface area contributed by atoms with E-state index in [-0.39, 0.29) is 0 Å². The molecule has 0 aliphatic heterocycles. The smallest absolute Gasteiger partial charge is 0.165 e. The molecule has 320 valence electrons. The molecule has 0 radical (unpaired) electrons. The molecule has 0 atom stereocenters. The van der Waals surface area contributed by atoms with Gasteiger partial charge in [0.2, 0.25) is 0 Å². The lowest BCUT2D eigenvalue weighted by atomic mass is 9.84. The van der Waals surface area contributed by atoms with Crippen LogP contribution >= 0.6 is 0 Å². The van der Waals surface area contributed by atoms with Crippen molar-refractivity contribution >= 4 is 75.7 Å². The van der Waals surface area contributed by atoms with Gasteiger partial charge in [-0.15, -0.1) is 0 Å². The molecule has 69 heavy (non-hydrogen) atoms.